The zero-order chi connectivity index (χ0) is 12.8. The predicted molar refractivity (Wildman–Crippen MR) is 66.7 cm³/mol. The number of halogens is 1. The van der Waals surface area contributed by atoms with Gasteiger partial charge in [0.2, 0.25) is 11.2 Å². The second-order valence-corrected chi connectivity index (χ2v) is 3.84. The highest BCUT2D eigenvalue weighted by Crippen LogP contribution is 2.13. The molecule has 0 bridgehead atoms. The Labute approximate surface area is 109 Å². The first-order chi connectivity index (χ1) is 8.78. The second kappa shape index (κ2) is 6.20. The molecule has 0 aliphatic heterocycles. The monoisotopic (exact) mass is 268 g/mol. The van der Waals surface area contributed by atoms with Gasteiger partial charge in [-0.05, 0) is 30.2 Å². The molecular formula is C11H13ClN4O2. The Balaban J connectivity index is 2.00. The predicted octanol–water partition coefficient (Wildman–Crippen LogP) is 2.52. The van der Waals surface area contributed by atoms with E-state index in [1.165, 1.54) is 0 Å². The van der Waals surface area contributed by atoms with E-state index in [1.807, 2.05) is 6.92 Å². The lowest BCUT2D eigenvalue weighted by Crippen LogP contribution is -2.07. The minimum absolute atomic E-state index is 0.0954. The summed E-state index contributed by atoms with van der Waals surface area (Å²) in [5.74, 6) is 1.10. The SMILES string of the molecule is CCCNc1nc(Cl)nc(OCc2ccco2)n1. The van der Waals surface area contributed by atoms with Gasteiger partial charge < -0.3 is 14.5 Å². The van der Waals surface area contributed by atoms with Crippen molar-refractivity contribution in [2.45, 2.75) is 20.0 Å². The van der Waals surface area contributed by atoms with E-state index >= 15 is 0 Å². The molecule has 7 heteroatoms. The van der Waals surface area contributed by atoms with Gasteiger partial charge in [-0.3, -0.25) is 0 Å². The molecule has 1 N–H and O–H groups in total. The highest BCUT2D eigenvalue weighted by molar-refractivity contribution is 6.28. The standard InChI is InChI=1S/C11H13ClN4O2/c1-2-5-13-10-14-9(12)15-11(16-10)18-7-8-4-3-6-17-8/h3-4,6H,2,5,7H2,1H3,(H,13,14,15,16). The Bertz CT molecular complexity index is 490. The number of aromatic nitrogens is 3. The molecule has 0 atom stereocenters. The van der Waals surface area contributed by atoms with Gasteiger partial charge in [-0.1, -0.05) is 6.92 Å². The highest BCUT2D eigenvalue weighted by atomic mass is 35.5. The zero-order valence-corrected chi connectivity index (χ0v) is 10.6. The van der Waals surface area contributed by atoms with Gasteiger partial charge in [0, 0.05) is 6.54 Å². The zero-order valence-electron chi connectivity index (χ0n) is 9.89. The lowest BCUT2D eigenvalue weighted by molar-refractivity contribution is 0.249. The fraction of sp³-hybridized carbons (Fsp3) is 0.364. The van der Waals surface area contributed by atoms with E-state index in [0.29, 0.717) is 11.7 Å². The van der Waals surface area contributed by atoms with Crippen LogP contribution < -0.4 is 10.1 Å². The van der Waals surface area contributed by atoms with Crippen LogP contribution in [0.15, 0.2) is 22.8 Å². The summed E-state index contributed by atoms with van der Waals surface area (Å²) in [6.07, 6.45) is 2.54. The van der Waals surface area contributed by atoms with Gasteiger partial charge in [-0.2, -0.15) is 15.0 Å². The Morgan fingerprint density at radius 1 is 1.39 bits per heavy atom. The first kappa shape index (κ1) is 12.6. The molecule has 0 amide bonds. The fourth-order valence-electron chi connectivity index (χ4n) is 1.24. The first-order valence-corrected chi connectivity index (χ1v) is 5.96. The van der Waals surface area contributed by atoms with Gasteiger partial charge in [0.25, 0.3) is 0 Å². The van der Waals surface area contributed by atoms with Crippen LogP contribution in [0.25, 0.3) is 0 Å². The van der Waals surface area contributed by atoms with Crippen molar-refractivity contribution >= 4 is 17.5 Å². The van der Waals surface area contributed by atoms with Crippen molar-refractivity contribution < 1.29 is 9.15 Å². The minimum Gasteiger partial charge on any atom is -0.466 e. The number of hydrogen-bond acceptors (Lipinski definition) is 6. The molecule has 2 rings (SSSR count). The lowest BCUT2D eigenvalue weighted by atomic mass is 10.5. The van der Waals surface area contributed by atoms with Gasteiger partial charge in [-0.25, -0.2) is 0 Å². The van der Waals surface area contributed by atoms with Gasteiger partial charge in [0.15, 0.2) is 0 Å². The van der Waals surface area contributed by atoms with E-state index in [-0.39, 0.29) is 17.9 Å². The summed E-state index contributed by atoms with van der Waals surface area (Å²) in [5, 5.41) is 3.11. The van der Waals surface area contributed by atoms with Crippen molar-refractivity contribution in [1.29, 1.82) is 0 Å². The molecule has 0 saturated heterocycles. The number of anilines is 1. The molecule has 0 aliphatic rings. The average Bonchev–Trinajstić information content (AvgIpc) is 2.86. The molecule has 2 aromatic rings. The number of rotatable bonds is 6. The molecule has 0 radical (unpaired) electrons. The Morgan fingerprint density at radius 2 is 2.28 bits per heavy atom. The van der Waals surface area contributed by atoms with Crippen LogP contribution in [0.2, 0.25) is 5.28 Å². The number of nitrogens with zero attached hydrogens (tertiary/aromatic N) is 3. The van der Waals surface area contributed by atoms with Crippen molar-refractivity contribution in [2.75, 3.05) is 11.9 Å². The van der Waals surface area contributed by atoms with E-state index in [0.717, 1.165) is 13.0 Å². The van der Waals surface area contributed by atoms with Gasteiger partial charge in [0.1, 0.15) is 12.4 Å². The third-order valence-electron chi connectivity index (χ3n) is 2.04. The van der Waals surface area contributed by atoms with Crippen LogP contribution in [0.4, 0.5) is 5.95 Å². The molecule has 0 unspecified atom stereocenters. The third kappa shape index (κ3) is 3.59. The van der Waals surface area contributed by atoms with Crippen molar-refractivity contribution in [3.8, 4) is 6.01 Å². The number of ether oxygens (including phenoxy) is 1. The van der Waals surface area contributed by atoms with Crippen LogP contribution in [0.5, 0.6) is 6.01 Å². The number of furan rings is 1. The lowest BCUT2D eigenvalue weighted by Gasteiger charge is -2.06. The second-order valence-electron chi connectivity index (χ2n) is 3.51. The molecule has 18 heavy (non-hydrogen) atoms. The molecule has 0 saturated carbocycles. The average molecular weight is 269 g/mol. The molecule has 0 aromatic carbocycles. The van der Waals surface area contributed by atoms with E-state index in [2.05, 4.69) is 20.3 Å². The summed E-state index contributed by atoms with van der Waals surface area (Å²) in [7, 11) is 0. The highest BCUT2D eigenvalue weighted by Gasteiger charge is 2.06. The Hall–Kier alpha value is -1.82. The van der Waals surface area contributed by atoms with Gasteiger partial charge in [-0.15, -0.1) is 0 Å². The smallest absolute Gasteiger partial charge is 0.323 e. The molecule has 2 heterocycles. The Kier molecular flexibility index (Phi) is 4.35. The van der Waals surface area contributed by atoms with E-state index < -0.39 is 0 Å². The van der Waals surface area contributed by atoms with Crippen molar-refractivity contribution in [1.82, 2.24) is 15.0 Å². The quantitative estimate of drug-likeness (QED) is 0.868. The maximum Gasteiger partial charge on any atom is 0.323 e. The van der Waals surface area contributed by atoms with Crippen LogP contribution in [0.3, 0.4) is 0 Å². The molecule has 6 nitrogen and oxygen atoms in total. The van der Waals surface area contributed by atoms with E-state index in [1.54, 1.807) is 18.4 Å². The van der Waals surface area contributed by atoms with Crippen molar-refractivity contribution in [2.24, 2.45) is 0 Å². The molecule has 0 spiro atoms. The Morgan fingerprint density at radius 3 is 3.00 bits per heavy atom. The topological polar surface area (TPSA) is 73.1 Å². The normalized spacial score (nSPS) is 10.3. The van der Waals surface area contributed by atoms with Crippen LogP contribution in [0.1, 0.15) is 19.1 Å². The third-order valence-corrected chi connectivity index (χ3v) is 2.21. The summed E-state index contributed by atoms with van der Waals surface area (Å²) in [6, 6.07) is 3.76. The van der Waals surface area contributed by atoms with Crippen LogP contribution in [-0.2, 0) is 6.61 Å². The summed E-state index contributed by atoms with van der Waals surface area (Å²) in [4.78, 5) is 11.9. The van der Waals surface area contributed by atoms with E-state index in [4.69, 9.17) is 20.8 Å². The summed E-state index contributed by atoms with van der Waals surface area (Å²) in [6.45, 7) is 3.06. The fourth-order valence-corrected chi connectivity index (χ4v) is 1.40. The van der Waals surface area contributed by atoms with Crippen LogP contribution in [0, 0.1) is 0 Å². The van der Waals surface area contributed by atoms with Crippen molar-refractivity contribution in [3.05, 3.63) is 29.4 Å². The van der Waals surface area contributed by atoms with E-state index in [9.17, 15) is 0 Å². The molecule has 0 fully saturated rings. The largest absolute Gasteiger partial charge is 0.466 e. The summed E-state index contributed by atoms with van der Waals surface area (Å²) in [5.41, 5.74) is 0. The first-order valence-electron chi connectivity index (χ1n) is 5.58. The maximum absolute atomic E-state index is 5.78. The van der Waals surface area contributed by atoms with Gasteiger partial charge in [0.05, 0.1) is 6.26 Å². The number of nitrogens with one attached hydrogen (secondary N) is 1. The van der Waals surface area contributed by atoms with Crippen LogP contribution in [-0.4, -0.2) is 21.5 Å². The molecular weight excluding hydrogens is 256 g/mol. The molecule has 2 aromatic heterocycles. The van der Waals surface area contributed by atoms with Crippen LogP contribution >= 0.6 is 11.6 Å². The summed E-state index contributed by atoms with van der Waals surface area (Å²) >= 11 is 5.78. The maximum atomic E-state index is 5.78. The van der Waals surface area contributed by atoms with Crippen molar-refractivity contribution in [3.63, 3.8) is 0 Å². The minimum atomic E-state index is 0.0954. The van der Waals surface area contributed by atoms with Gasteiger partial charge >= 0.3 is 6.01 Å². The molecule has 0 aliphatic carbocycles. The molecule has 96 valence electrons. The summed E-state index contributed by atoms with van der Waals surface area (Å²) < 4.78 is 10.5. The number of hydrogen-bond donors (Lipinski definition) is 1.